The van der Waals surface area contributed by atoms with E-state index in [1.165, 1.54) is 28.2 Å². The minimum atomic E-state index is 0.182. The van der Waals surface area contributed by atoms with Crippen LogP contribution in [-0.2, 0) is 6.54 Å². The first-order valence-corrected chi connectivity index (χ1v) is 10.1. The van der Waals surface area contributed by atoms with Gasteiger partial charge in [0.15, 0.2) is 0 Å². The van der Waals surface area contributed by atoms with Gasteiger partial charge in [0.1, 0.15) is 0 Å². The first kappa shape index (κ1) is 18.1. The smallest absolute Gasteiger partial charge is 0.253 e. The standard InChI is InChI=1S/C23H29N3O/c1-24(2)13-8-16-26-21-10-5-4-9-19(21)20-17-18(11-12-22(20)26)23(27)25-14-6-3-7-15-25/h4-5,9-12,17H,3,6-8,13-16H2,1-2H3. The predicted octanol–water partition coefficient (Wildman–Crippen LogP) is 4.37. The molecule has 1 aliphatic heterocycles. The highest BCUT2D eigenvalue weighted by atomic mass is 16.2. The quantitative estimate of drug-likeness (QED) is 0.673. The fourth-order valence-corrected chi connectivity index (χ4v) is 4.25. The molecule has 2 heterocycles. The molecule has 4 nitrogen and oxygen atoms in total. The first-order chi connectivity index (χ1) is 13.1. The molecule has 27 heavy (non-hydrogen) atoms. The van der Waals surface area contributed by atoms with Crippen molar-refractivity contribution in [3.05, 3.63) is 48.0 Å². The van der Waals surface area contributed by atoms with Crippen LogP contribution in [-0.4, -0.2) is 54.0 Å². The number of carbonyl (C=O) groups excluding carboxylic acids is 1. The van der Waals surface area contributed by atoms with Crippen LogP contribution in [0.15, 0.2) is 42.5 Å². The Morgan fingerprint density at radius 1 is 0.963 bits per heavy atom. The highest BCUT2D eigenvalue weighted by molar-refractivity contribution is 6.10. The molecule has 0 saturated carbocycles. The van der Waals surface area contributed by atoms with E-state index in [4.69, 9.17) is 0 Å². The zero-order valence-corrected chi connectivity index (χ0v) is 16.4. The number of fused-ring (bicyclic) bond motifs is 3. The molecule has 0 spiro atoms. The van der Waals surface area contributed by atoms with E-state index >= 15 is 0 Å². The Balaban J connectivity index is 1.72. The maximum Gasteiger partial charge on any atom is 0.253 e. The predicted molar refractivity (Wildman–Crippen MR) is 112 cm³/mol. The Bertz CT molecular complexity index is 951. The molecular weight excluding hydrogens is 334 g/mol. The van der Waals surface area contributed by atoms with E-state index in [1.807, 2.05) is 11.0 Å². The number of amides is 1. The number of nitrogens with zero attached hydrogens (tertiary/aromatic N) is 3. The van der Waals surface area contributed by atoms with Crippen molar-refractivity contribution in [3.8, 4) is 0 Å². The fraction of sp³-hybridized carbons (Fsp3) is 0.435. The van der Waals surface area contributed by atoms with Gasteiger partial charge < -0.3 is 14.4 Å². The van der Waals surface area contributed by atoms with Crippen LogP contribution in [0.1, 0.15) is 36.0 Å². The average molecular weight is 364 g/mol. The molecule has 3 aromatic rings. The van der Waals surface area contributed by atoms with Gasteiger partial charge in [0.05, 0.1) is 0 Å². The lowest BCUT2D eigenvalue weighted by Gasteiger charge is -2.26. The monoisotopic (exact) mass is 363 g/mol. The summed E-state index contributed by atoms with van der Waals surface area (Å²) in [4.78, 5) is 17.2. The maximum absolute atomic E-state index is 12.9. The number of hydrogen-bond acceptors (Lipinski definition) is 2. The zero-order valence-electron chi connectivity index (χ0n) is 16.4. The highest BCUT2D eigenvalue weighted by Gasteiger charge is 2.19. The molecule has 0 radical (unpaired) electrons. The number of para-hydroxylation sites is 1. The third-order valence-electron chi connectivity index (χ3n) is 5.65. The van der Waals surface area contributed by atoms with Crippen LogP contribution in [0.3, 0.4) is 0 Å². The van der Waals surface area contributed by atoms with Crippen LogP contribution in [0.2, 0.25) is 0 Å². The lowest BCUT2D eigenvalue weighted by molar-refractivity contribution is 0.0724. The number of rotatable bonds is 5. The average Bonchev–Trinajstić information content (AvgIpc) is 3.01. The molecule has 1 aromatic heterocycles. The Morgan fingerprint density at radius 2 is 1.70 bits per heavy atom. The summed E-state index contributed by atoms with van der Waals surface area (Å²) in [5, 5.41) is 2.43. The summed E-state index contributed by atoms with van der Waals surface area (Å²) in [6.45, 7) is 3.84. The summed E-state index contributed by atoms with van der Waals surface area (Å²) in [5.41, 5.74) is 3.31. The lowest BCUT2D eigenvalue weighted by Crippen LogP contribution is -2.35. The van der Waals surface area contributed by atoms with Gasteiger partial charge in [-0.15, -0.1) is 0 Å². The van der Waals surface area contributed by atoms with Gasteiger partial charge in [0.25, 0.3) is 5.91 Å². The van der Waals surface area contributed by atoms with Crippen LogP contribution in [0, 0.1) is 0 Å². The SMILES string of the molecule is CN(C)CCCn1c2ccccc2c2cc(C(=O)N3CCCCC3)ccc21. The van der Waals surface area contributed by atoms with E-state index in [1.54, 1.807) is 0 Å². The summed E-state index contributed by atoms with van der Waals surface area (Å²) in [7, 11) is 4.23. The van der Waals surface area contributed by atoms with Crippen molar-refractivity contribution in [2.45, 2.75) is 32.2 Å². The molecular formula is C23H29N3O. The van der Waals surface area contributed by atoms with Crippen molar-refractivity contribution in [2.75, 3.05) is 33.7 Å². The number of hydrogen-bond donors (Lipinski definition) is 0. The number of benzene rings is 2. The second-order valence-corrected chi connectivity index (χ2v) is 7.91. The van der Waals surface area contributed by atoms with Gasteiger partial charge in [0, 0.05) is 47.0 Å². The fourth-order valence-electron chi connectivity index (χ4n) is 4.25. The van der Waals surface area contributed by atoms with Crippen LogP contribution in [0.25, 0.3) is 21.8 Å². The zero-order chi connectivity index (χ0) is 18.8. The molecule has 4 rings (SSSR count). The Morgan fingerprint density at radius 3 is 2.48 bits per heavy atom. The molecule has 0 atom stereocenters. The van der Waals surface area contributed by atoms with Crippen molar-refractivity contribution >= 4 is 27.7 Å². The van der Waals surface area contributed by atoms with Crippen molar-refractivity contribution in [3.63, 3.8) is 0 Å². The second kappa shape index (κ2) is 7.73. The van der Waals surface area contributed by atoms with Crippen LogP contribution >= 0.6 is 0 Å². The summed E-state index contributed by atoms with van der Waals surface area (Å²) >= 11 is 0. The highest BCUT2D eigenvalue weighted by Crippen LogP contribution is 2.30. The topological polar surface area (TPSA) is 28.5 Å². The van der Waals surface area contributed by atoms with E-state index in [0.29, 0.717) is 0 Å². The van der Waals surface area contributed by atoms with Gasteiger partial charge in [-0.25, -0.2) is 0 Å². The van der Waals surface area contributed by atoms with E-state index in [-0.39, 0.29) is 5.91 Å². The number of carbonyl (C=O) groups is 1. The van der Waals surface area contributed by atoms with Crippen LogP contribution < -0.4 is 0 Å². The number of piperidine rings is 1. The Kier molecular flexibility index (Phi) is 5.17. The Labute approximate surface area is 161 Å². The van der Waals surface area contributed by atoms with Gasteiger partial charge in [-0.05, 0) is 70.6 Å². The van der Waals surface area contributed by atoms with Crippen LogP contribution in [0.5, 0.6) is 0 Å². The van der Waals surface area contributed by atoms with Gasteiger partial charge >= 0.3 is 0 Å². The molecule has 4 heteroatoms. The van der Waals surface area contributed by atoms with Gasteiger partial charge in [0.2, 0.25) is 0 Å². The maximum atomic E-state index is 12.9. The summed E-state index contributed by atoms with van der Waals surface area (Å²) in [6.07, 6.45) is 4.59. The number of aryl methyl sites for hydroxylation is 1. The van der Waals surface area contributed by atoms with E-state index in [0.717, 1.165) is 51.0 Å². The molecule has 1 fully saturated rings. The van der Waals surface area contributed by atoms with Crippen LogP contribution in [0.4, 0.5) is 0 Å². The Hall–Kier alpha value is -2.33. The molecule has 0 aliphatic carbocycles. The first-order valence-electron chi connectivity index (χ1n) is 10.1. The summed E-state index contributed by atoms with van der Waals surface area (Å²) in [6, 6.07) is 14.8. The lowest BCUT2D eigenvalue weighted by atomic mass is 10.1. The van der Waals surface area contributed by atoms with Gasteiger partial charge in [-0.1, -0.05) is 18.2 Å². The largest absolute Gasteiger partial charge is 0.340 e. The van der Waals surface area contributed by atoms with E-state index in [2.05, 4.69) is 60.0 Å². The van der Waals surface area contributed by atoms with Crippen molar-refractivity contribution in [2.24, 2.45) is 0 Å². The normalized spacial score (nSPS) is 15.1. The molecule has 0 N–H and O–H groups in total. The van der Waals surface area contributed by atoms with Crippen molar-refractivity contribution < 1.29 is 4.79 Å². The van der Waals surface area contributed by atoms with Gasteiger partial charge in [-0.3, -0.25) is 4.79 Å². The van der Waals surface area contributed by atoms with Gasteiger partial charge in [-0.2, -0.15) is 0 Å². The number of aromatic nitrogens is 1. The van der Waals surface area contributed by atoms with Crippen molar-refractivity contribution in [1.29, 1.82) is 0 Å². The third-order valence-corrected chi connectivity index (χ3v) is 5.65. The third kappa shape index (κ3) is 3.59. The number of likely N-dealkylation sites (tertiary alicyclic amines) is 1. The summed E-state index contributed by atoms with van der Waals surface area (Å²) in [5.74, 6) is 0.182. The van der Waals surface area contributed by atoms with E-state index < -0.39 is 0 Å². The van der Waals surface area contributed by atoms with E-state index in [9.17, 15) is 4.79 Å². The summed E-state index contributed by atoms with van der Waals surface area (Å²) < 4.78 is 2.41. The molecule has 1 amide bonds. The molecule has 0 unspecified atom stereocenters. The molecule has 2 aromatic carbocycles. The van der Waals surface area contributed by atoms with Crippen molar-refractivity contribution in [1.82, 2.24) is 14.4 Å². The molecule has 0 bridgehead atoms. The minimum Gasteiger partial charge on any atom is -0.340 e. The minimum absolute atomic E-state index is 0.182. The molecule has 1 aliphatic rings. The molecule has 142 valence electrons. The second-order valence-electron chi connectivity index (χ2n) is 7.91. The molecule has 1 saturated heterocycles.